The maximum atomic E-state index is 9.16. The molecule has 0 heterocycles. The molecule has 14 heavy (non-hydrogen) atoms. The first-order valence-corrected chi connectivity index (χ1v) is 4.00. The number of nitriles is 1. The molecule has 0 atom stereocenters. The topological polar surface area (TPSA) is 65.6 Å². The lowest BCUT2D eigenvalue weighted by atomic mass is 10.0. The molecule has 4 nitrogen and oxygen atoms in total. The Kier molecular flexibility index (Phi) is 3.08. The summed E-state index contributed by atoms with van der Waals surface area (Å²) < 4.78 is 0. The zero-order valence-electron chi connectivity index (χ0n) is 7.98. The predicted octanol–water partition coefficient (Wildman–Crippen LogP) is 1.63. The van der Waals surface area contributed by atoms with Gasteiger partial charge < -0.3 is 9.94 Å². The SMILES string of the molecule is CO/N=C(\C)c1ccc(O)cc1C#N. The summed E-state index contributed by atoms with van der Waals surface area (Å²) in [6, 6.07) is 6.51. The van der Waals surface area contributed by atoms with Gasteiger partial charge in [-0.2, -0.15) is 5.26 Å². The van der Waals surface area contributed by atoms with E-state index in [4.69, 9.17) is 10.4 Å². The minimum absolute atomic E-state index is 0.0653. The summed E-state index contributed by atoms with van der Waals surface area (Å²) in [5.74, 6) is 0.0653. The van der Waals surface area contributed by atoms with Crippen molar-refractivity contribution in [2.24, 2.45) is 5.16 Å². The number of phenols is 1. The Morgan fingerprint density at radius 2 is 2.29 bits per heavy atom. The average Bonchev–Trinajstić information content (AvgIpc) is 2.17. The van der Waals surface area contributed by atoms with Crippen LogP contribution < -0.4 is 0 Å². The highest BCUT2D eigenvalue weighted by Gasteiger charge is 2.06. The van der Waals surface area contributed by atoms with Crippen molar-refractivity contribution in [3.63, 3.8) is 0 Å². The third kappa shape index (κ3) is 2.02. The Balaban J connectivity index is 3.22. The van der Waals surface area contributed by atoms with Crippen LogP contribution in [-0.4, -0.2) is 17.9 Å². The third-order valence-corrected chi connectivity index (χ3v) is 1.74. The molecule has 0 amide bonds. The highest BCUT2D eigenvalue weighted by atomic mass is 16.6. The van der Waals surface area contributed by atoms with Gasteiger partial charge in [0, 0.05) is 5.56 Å². The second-order valence-corrected chi connectivity index (χ2v) is 2.70. The lowest BCUT2D eigenvalue weighted by Crippen LogP contribution is -1.98. The number of oxime groups is 1. The lowest BCUT2D eigenvalue weighted by molar-refractivity contribution is 0.213. The summed E-state index contributed by atoms with van der Waals surface area (Å²) in [6.07, 6.45) is 0. The van der Waals surface area contributed by atoms with Crippen molar-refractivity contribution >= 4 is 5.71 Å². The Bertz CT molecular complexity index is 405. The van der Waals surface area contributed by atoms with Crippen molar-refractivity contribution in [2.75, 3.05) is 7.11 Å². The Labute approximate surface area is 82.0 Å². The molecule has 1 aromatic rings. The van der Waals surface area contributed by atoms with Gasteiger partial charge in [0.15, 0.2) is 0 Å². The number of benzene rings is 1. The molecule has 1 aromatic carbocycles. The number of hydrogen-bond donors (Lipinski definition) is 1. The van der Waals surface area contributed by atoms with Gasteiger partial charge in [-0.3, -0.25) is 0 Å². The first kappa shape index (κ1) is 10.1. The van der Waals surface area contributed by atoms with Gasteiger partial charge in [-0.25, -0.2) is 0 Å². The van der Waals surface area contributed by atoms with E-state index in [1.165, 1.54) is 19.2 Å². The molecular formula is C10H10N2O2. The number of nitrogens with zero attached hydrogens (tertiary/aromatic N) is 2. The van der Waals surface area contributed by atoms with Crippen LogP contribution in [-0.2, 0) is 4.84 Å². The molecule has 0 bridgehead atoms. The zero-order chi connectivity index (χ0) is 10.6. The fourth-order valence-electron chi connectivity index (χ4n) is 1.13. The van der Waals surface area contributed by atoms with E-state index < -0.39 is 0 Å². The molecule has 0 saturated heterocycles. The number of hydrogen-bond acceptors (Lipinski definition) is 4. The van der Waals surface area contributed by atoms with Crippen molar-refractivity contribution in [1.29, 1.82) is 5.26 Å². The second kappa shape index (κ2) is 4.28. The van der Waals surface area contributed by atoms with Crippen LogP contribution in [0.3, 0.4) is 0 Å². The van der Waals surface area contributed by atoms with Gasteiger partial charge in [0.2, 0.25) is 0 Å². The summed E-state index contributed by atoms with van der Waals surface area (Å²) in [5.41, 5.74) is 1.64. The van der Waals surface area contributed by atoms with E-state index in [9.17, 15) is 0 Å². The fourth-order valence-corrected chi connectivity index (χ4v) is 1.13. The van der Waals surface area contributed by atoms with Gasteiger partial charge >= 0.3 is 0 Å². The van der Waals surface area contributed by atoms with Gasteiger partial charge in [-0.15, -0.1) is 0 Å². The molecule has 1 N–H and O–H groups in total. The first-order valence-electron chi connectivity index (χ1n) is 4.00. The molecule has 0 radical (unpaired) electrons. The largest absolute Gasteiger partial charge is 0.508 e. The zero-order valence-corrected chi connectivity index (χ0v) is 7.98. The van der Waals surface area contributed by atoms with Gasteiger partial charge in [0.25, 0.3) is 0 Å². The monoisotopic (exact) mass is 190 g/mol. The van der Waals surface area contributed by atoms with Crippen LogP contribution >= 0.6 is 0 Å². The maximum Gasteiger partial charge on any atom is 0.116 e. The molecule has 0 aromatic heterocycles. The highest BCUT2D eigenvalue weighted by molar-refractivity contribution is 6.00. The first-order chi connectivity index (χ1) is 6.69. The fraction of sp³-hybridized carbons (Fsp3) is 0.200. The van der Waals surface area contributed by atoms with Crippen LogP contribution in [0, 0.1) is 11.3 Å². The summed E-state index contributed by atoms with van der Waals surface area (Å²) >= 11 is 0. The minimum atomic E-state index is 0.0653. The molecule has 0 aliphatic rings. The van der Waals surface area contributed by atoms with Crippen LogP contribution in [0.1, 0.15) is 18.1 Å². The van der Waals surface area contributed by atoms with E-state index >= 15 is 0 Å². The van der Waals surface area contributed by atoms with Gasteiger partial charge in [0.05, 0.1) is 17.3 Å². The lowest BCUT2D eigenvalue weighted by Gasteiger charge is -2.02. The molecule has 0 aliphatic heterocycles. The van der Waals surface area contributed by atoms with Crippen molar-refractivity contribution in [1.82, 2.24) is 0 Å². The average molecular weight is 190 g/mol. The Hall–Kier alpha value is -2.02. The van der Waals surface area contributed by atoms with E-state index in [-0.39, 0.29) is 5.75 Å². The number of aromatic hydroxyl groups is 1. The van der Waals surface area contributed by atoms with Crippen molar-refractivity contribution in [2.45, 2.75) is 6.92 Å². The van der Waals surface area contributed by atoms with Gasteiger partial charge in [-0.1, -0.05) is 5.16 Å². The molecule has 0 aliphatic carbocycles. The summed E-state index contributed by atoms with van der Waals surface area (Å²) in [6.45, 7) is 1.73. The van der Waals surface area contributed by atoms with E-state index in [0.29, 0.717) is 16.8 Å². The summed E-state index contributed by atoms with van der Waals surface area (Å²) in [5, 5.41) is 21.7. The van der Waals surface area contributed by atoms with Crippen molar-refractivity contribution in [3.05, 3.63) is 29.3 Å². The quantitative estimate of drug-likeness (QED) is 0.569. The van der Waals surface area contributed by atoms with E-state index in [1.807, 2.05) is 6.07 Å². The number of rotatable bonds is 2. The van der Waals surface area contributed by atoms with Crippen LogP contribution in [0.4, 0.5) is 0 Å². The van der Waals surface area contributed by atoms with Gasteiger partial charge in [0.1, 0.15) is 12.9 Å². The Morgan fingerprint density at radius 3 is 2.86 bits per heavy atom. The standard InChI is InChI=1S/C10H10N2O2/c1-7(12-14-2)10-4-3-9(13)5-8(10)6-11/h3-5,13H,1-2H3/b12-7+. The molecule has 0 fully saturated rings. The van der Waals surface area contributed by atoms with Crippen LogP contribution in [0.5, 0.6) is 5.75 Å². The van der Waals surface area contributed by atoms with Crippen LogP contribution in [0.15, 0.2) is 23.4 Å². The molecule has 0 spiro atoms. The summed E-state index contributed by atoms with van der Waals surface area (Å²) in [7, 11) is 1.44. The predicted molar refractivity (Wildman–Crippen MR) is 52.0 cm³/mol. The third-order valence-electron chi connectivity index (χ3n) is 1.74. The van der Waals surface area contributed by atoms with Crippen LogP contribution in [0.2, 0.25) is 0 Å². The molecule has 72 valence electrons. The van der Waals surface area contributed by atoms with E-state index in [0.717, 1.165) is 0 Å². The maximum absolute atomic E-state index is 9.16. The van der Waals surface area contributed by atoms with E-state index in [2.05, 4.69) is 9.99 Å². The number of phenolic OH excluding ortho intramolecular Hbond substituents is 1. The van der Waals surface area contributed by atoms with Crippen LogP contribution in [0.25, 0.3) is 0 Å². The highest BCUT2D eigenvalue weighted by Crippen LogP contribution is 2.16. The summed E-state index contributed by atoms with van der Waals surface area (Å²) in [4.78, 5) is 4.60. The molecule has 1 rings (SSSR count). The van der Waals surface area contributed by atoms with Crippen molar-refractivity contribution in [3.8, 4) is 11.8 Å². The van der Waals surface area contributed by atoms with Gasteiger partial charge in [-0.05, 0) is 25.1 Å². The molecule has 0 saturated carbocycles. The minimum Gasteiger partial charge on any atom is -0.508 e. The van der Waals surface area contributed by atoms with E-state index in [1.54, 1.807) is 13.0 Å². The molecule has 4 heteroatoms. The molecular weight excluding hydrogens is 180 g/mol. The van der Waals surface area contributed by atoms with Crippen molar-refractivity contribution < 1.29 is 9.94 Å². The molecule has 0 unspecified atom stereocenters. The second-order valence-electron chi connectivity index (χ2n) is 2.70. The normalized spacial score (nSPS) is 10.8. The smallest absolute Gasteiger partial charge is 0.116 e. The Morgan fingerprint density at radius 1 is 1.57 bits per heavy atom.